The lowest BCUT2D eigenvalue weighted by molar-refractivity contribution is -0.117. The number of nitrogens with zero attached hydrogens (tertiary/aromatic N) is 2. The number of carbonyl (C=O) groups is 1. The fraction of sp³-hybridized carbons (Fsp3) is 0.241. The summed E-state index contributed by atoms with van der Waals surface area (Å²) >= 11 is 0. The van der Waals surface area contributed by atoms with E-state index in [1.165, 1.54) is 5.56 Å². The first-order chi connectivity index (χ1) is 16.1. The van der Waals surface area contributed by atoms with E-state index in [2.05, 4.69) is 65.8 Å². The second kappa shape index (κ2) is 10.7. The quantitative estimate of drug-likeness (QED) is 0.229. The number of imidazole rings is 1. The summed E-state index contributed by atoms with van der Waals surface area (Å²) in [7, 11) is 0. The van der Waals surface area contributed by atoms with Gasteiger partial charge in [0, 0.05) is 41.4 Å². The Kier molecular flexibility index (Phi) is 7.22. The summed E-state index contributed by atoms with van der Waals surface area (Å²) in [4.78, 5) is 15.8. The van der Waals surface area contributed by atoms with Crippen LogP contribution < -0.4 is 0 Å². The van der Waals surface area contributed by atoms with Gasteiger partial charge in [-0.15, -0.1) is 0 Å². The Balaban J connectivity index is 1.52. The molecular formula is C29H28N2O2. The molecule has 0 N–H and O–H groups in total. The molecule has 2 aromatic carbocycles. The molecule has 4 heteroatoms. The lowest BCUT2D eigenvalue weighted by Crippen LogP contribution is -2.05. The lowest BCUT2D eigenvalue weighted by atomic mass is 10.1. The van der Waals surface area contributed by atoms with Gasteiger partial charge in [-0.1, -0.05) is 54.3 Å². The van der Waals surface area contributed by atoms with Crippen molar-refractivity contribution in [2.24, 2.45) is 0 Å². The molecule has 4 nitrogen and oxygen atoms in total. The Bertz CT molecular complexity index is 1270. The monoisotopic (exact) mass is 436 g/mol. The highest BCUT2D eigenvalue weighted by Crippen LogP contribution is 2.26. The number of ketones is 1. The third-order valence-electron chi connectivity index (χ3n) is 5.65. The fourth-order valence-electron chi connectivity index (χ4n) is 3.81. The molecule has 0 saturated heterocycles. The molecule has 0 unspecified atom stereocenters. The van der Waals surface area contributed by atoms with Crippen LogP contribution in [0.15, 0.2) is 77.5 Å². The predicted molar refractivity (Wildman–Crippen MR) is 132 cm³/mol. The van der Waals surface area contributed by atoms with Crippen molar-refractivity contribution in [3.8, 4) is 34.6 Å². The van der Waals surface area contributed by atoms with Crippen LogP contribution in [-0.4, -0.2) is 15.3 Å². The van der Waals surface area contributed by atoms with Gasteiger partial charge in [-0.3, -0.25) is 0 Å². The number of furan rings is 1. The third-order valence-corrected chi connectivity index (χ3v) is 5.65. The molecule has 0 fully saturated rings. The summed E-state index contributed by atoms with van der Waals surface area (Å²) in [6, 6.07) is 20.4. The van der Waals surface area contributed by atoms with Crippen molar-refractivity contribution in [2.75, 3.05) is 0 Å². The van der Waals surface area contributed by atoms with Crippen molar-refractivity contribution in [2.45, 2.75) is 46.1 Å². The molecular weight excluding hydrogens is 408 g/mol. The molecule has 0 aliphatic carbocycles. The number of Topliss-reactive ketones (excluding diaryl/α,β-unsaturated/α-hetero) is 1. The second-order valence-electron chi connectivity index (χ2n) is 8.23. The van der Waals surface area contributed by atoms with Crippen LogP contribution in [0.4, 0.5) is 0 Å². The van der Waals surface area contributed by atoms with Gasteiger partial charge >= 0.3 is 0 Å². The van der Waals surface area contributed by atoms with Gasteiger partial charge in [0.15, 0.2) is 0 Å². The van der Waals surface area contributed by atoms with Gasteiger partial charge in [0.1, 0.15) is 17.4 Å². The van der Waals surface area contributed by atoms with Crippen LogP contribution in [-0.2, 0) is 11.3 Å². The van der Waals surface area contributed by atoms with Gasteiger partial charge in [-0.25, -0.2) is 4.98 Å². The summed E-state index contributed by atoms with van der Waals surface area (Å²) in [5, 5.41) is 0. The van der Waals surface area contributed by atoms with E-state index in [4.69, 9.17) is 9.40 Å². The van der Waals surface area contributed by atoms with E-state index < -0.39 is 0 Å². The van der Waals surface area contributed by atoms with Gasteiger partial charge in [-0.2, -0.15) is 0 Å². The number of aryl methyl sites for hydroxylation is 1. The van der Waals surface area contributed by atoms with Crippen molar-refractivity contribution in [3.63, 3.8) is 0 Å². The van der Waals surface area contributed by atoms with Crippen LogP contribution in [0.5, 0.6) is 0 Å². The van der Waals surface area contributed by atoms with Crippen LogP contribution >= 0.6 is 0 Å². The van der Waals surface area contributed by atoms with Crippen molar-refractivity contribution < 1.29 is 9.21 Å². The van der Waals surface area contributed by atoms with Crippen LogP contribution in [0, 0.1) is 18.8 Å². The molecule has 2 heterocycles. The smallest absolute Gasteiger partial charge is 0.140 e. The Labute approximate surface area is 195 Å². The van der Waals surface area contributed by atoms with Crippen LogP contribution in [0.2, 0.25) is 0 Å². The minimum Gasteiger partial charge on any atom is -0.464 e. The zero-order valence-corrected chi connectivity index (χ0v) is 19.2. The molecule has 0 spiro atoms. The zero-order valence-electron chi connectivity index (χ0n) is 19.2. The summed E-state index contributed by atoms with van der Waals surface area (Å²) in [5.41, 5.74) is 5.42. The van der Waals surface area contributed by atoms with E-state index in [9.17, 15) is 4.79 Å². The summed E-state index contributed by atoms with van der Waals surface area (Å²) in [5.74, 6) is 8.66. The van der Waals surface area contributed by atoms with Gasteiger partial charge in [0.25, 0.3) is 0 Å². The Hall–Kier alpha value is -3.84. The molecule has 0 saturated carbocycles. The minimum atomic E-state index is 0.246. The molecule has 0 amide bonds. The number of aromatic nitrogens is 2. The van der Waals surface area contributed by atoms with Crippen molar-refractivity contribution in [1.82, 2.24) is 9.55 Å². The Morgan fingerprint density at radius 1 is 1.00 bits per heavy atom. The molecule has 0 radical (unpaired) electrons. The lowest BCUT2D eigenvalue weighted by Gasteiger charge is -2.12. The molecule has 4 rings (SSSR count). The van der Waals surface area contributed by atoms with E-state index >= 15 is 0 Å². The largest absolute Gasteiger partial charge is 0.464 e. The van der Waals surface area contributed by atoms with Crippen molar-refractivity contribution >= 4 is 5.78 Å². The SMILES string of the molecule is CC(=O)CCCCC#Cc1ccccc1Cn1c(C)cnc1-c1ccc(-c2ccco2)cc1. The van der Waals surface area contributed by atoms with Gasteiger partial charge in [0.2, 0.25) is 0 Å². The standard InChI is InChI=1S/C29H28N2O2/c1-22-20-30-29(26-17-15-25(16-18-26)28-14-9-19-33-28)31(22)21-27-13-8-7-12-24(27)11-6-4-3-5-10-23(2)32/h7-9,12-20H,3-5,10,21H2,1-2H3. The maximum absolute atomic E-state index is 11.1. The molecule has 0 aliphatic rings. The zero-order chi connectivity index (χ0) is 23.0. The number of unbranched alkanes of at least 4 members (excludes halogenated alkanes) is 2. The highest BCUT2D eigenvalue weighted by atomic mass is 16.3. The molecule has 4 aromatic rings. The average Bonchev–Trinajstić information content (AvgIpc) is 3.48. The Morgan fingerprint density at radius 3 is 2.55 bits per heavy atom. The van der Waals surface area contributed by atoms with Crippen LogP contribution in [0.25, 0.3) is 22.7 Å². The third kappa shape index (κ3) is 5.70. The average molecular weight is 437 g/mol. The number of rotatable bonds is 8. The Morgan fingerprint density at radius 2 is 1.79 bits per heavy atom. The van der Waals surface area contributed by atoms with E-state index in [0.717, 1.165) is 53.2 Å². The minimum absolute atomic E-state index is 0.246. The number of benzene rings is 2. The summed E-state index contributed by atoms with van der Waals surface area (Å²) in [6.45, 7) is 4.43. The first-order valence-electron chi connectivity index (χ1n) is 11.3. The molecule has 0 bridgehead atoms. The van der Waals surface area contributed by atoms with Crippen LogP contribution in [0.3, 0.4) is 0 Å². The summed E-state index contributed by atoms with van der Waals surface area (Å²) < 4.78 is 7.73. The van der Waals surface area contributed by atoms with E-state index in [1.807, 2.05) is 24.4 Å². The number of hydrogen-bond acceptors (Lipinski definition) is 3. The predicted octanol–water partition coefficient (Wildman–Crippen LogP) is 6.67. The number of carbonyl (C=O) groups excluding carboxylic acids is 1. The topological polar surface area (TPSA) is 48.0 Å². The van der Waals surface area contributed by atoms with E-state index in [0.29, 0.717) is 13.0 Å². The number of hydrogen-bond donors (Lipinski definition) is 0. The molecule has 0 aliphatic heterocycles. The molecule has 2 aromatic heterocycles. The van der Waals surface area contributed by atoms with Crippen LogP contribution in [0.1, 0.15) is 49.4 Å². The van der Waals surface area contributed by atoms with Gasteiger partial charge in [-0.05, 0) is 50.5 Å². The highest BCUT2D eigenvalue weighted by Gasteiger charge is 2.12. The maximum atomic E-state index is 11.1. The molecule has 166 valence electrons. The van der Waals surface area contributed by atoms with Crippen molar-refractivity contribution in [3.05, 3.63) is 89.9 Å². The van der Waals surface area contributed by atoms with E-state index in [1.54, 1.807) is 13.2 Å². The normalized spacial score (nSPS) is 10.6. The van der Waals surface area contributed by atoms with E-state index in [-0.39, 0.29) is 5.78 Å². The maximum Gasteiger partial charge on any atom is 0.140 e. The second-order valence-corrected chi connectivity index (χ2v) is 8.23. The van der Waals surface area contributed by atoms with Gasteiger partial charge in [0.05, 0.1) is 12.8 Å². The van der Waals surface area contributed by atoms with Crippen molar-refractivity contribution in [1.29, 1.82) is 0 Å². The molecule has 0 atom stereocenters. The fourth-order valence-corrected chi connectivity index (χ4v) is 3.81. The summed E-state index contributed by atoms with van der Waals surface area (Å²) in [6.07, 6.45) is 6.91. The van der Waals surface area contributed by atoms with Gasteiger partial charge < -0.3 is 13.8 Å². The first-order valence-corrected chi connectivity index (χ1v) is 11.3. The first kappa shape index (κ1) is 22.4. The highest BCUT2D eigenvalue weighted by molar-refractivity contribution is 5.75. The molecule has 33 heavy (non-hydrogen) atoms.